The van der Waals surface area contributed by atoms with Crippen LogP contribution in [0.2, 0.25) is 0 Å². The molecule has 1 aliphatic heterocycles. The molecule has 2 N–H and O–H groups in total. The van der Waals surface area contributed by atoms with E-state index in [-0.39, 0.29) is 11.6 Å². The highest BCUT2D eigenvalue weighted by molar-refractivity contribution is 7.88. The van der Waals surface area contributed by atoms with Crippen LogP contribution in [0, 0.1) is 18.2 Å². The van der Waals surface area contributed by atoms with E-state index in [9.17, 15) is 12.8 Å². The summed E-state index contributed by atoms with van der Waals surface area (Å²) < 4.78 is 43.1. The molecule has 6 heteroatoms. The Morgan fingerprint density at radius 1 is 1.11 bits per heavy atom. The average Bonchev–Trinajstić information content (AvgIpc) is 2.65. The number of hydrogen-bond donors (Lipinski definition) is 1. The maximum absolute atomic E-state index is 13.8. The van der Waals surface area contributed by atoms with Crippen molar-refractivity contribution >= 4 is 10.0 Å². The summed E-state index contributed by atoms with van der Waals surface area (Å²) in [6, 6.07) is 16.8. The summed E-state index contributed by atoms with van der Waals surface area (Å²) in [4.78, 5) is 0. The first-order valence-corrected chi connectivity index (χ1v) is 10.2. The van der Waals surface area contributed by atoms with Crippen molar-refractivity contribution in [2.24, 2.45) is 5.14 Å². The predicted octanol–water partition coefficient (Wildman–Crippen LogP) is 3.74. The predicted molar refractivity (Wildman–Crippen MR) is 105 cm³/mol. The van der Waals surface area contributed by atoms with Crippen LogP contribution >= 0.6 is 0 Å². The Hall–Kier alpha value is -3.14. The van der Waals surface area contributed by atoms with Crippen LogP contribution < -0.4 is 9.88 Å². The highest BCUT2D eigenvalue weighted by Gasteiger charge is 2.29. The van der Waals surface area contributed by atoms with E-state index in [0.717, 1.165) is 11.1 Å². The van der Waals surface area contributed by atoms with Crippen LogP contribution in [0.1, 0.15) is 28.4 Å². The molecule has 0 radical (unpaired) electrons. The molecule has 0 aliphatic carbocycles. The number of terminal acetylenes is 1. The van der Waals surface area contributed by atoms with Crippen LogP contribution in [0.5, 0.6) is 5.75 Å². The fourth-order valence-corrected chi connectivity index (χ4v) is 4.16. The van der Waals surface area contributed by atoms with Crippen molar-refractivity contribution in [3.8, 4) is 29.2 Å². The van der Waals surface area contributed by atoms with E-state index in [1.807, 2.05) is 18.2 Å². The van der Waals surface area contributed by atoms with Crippen LogP contribution in [-0.2, 0) is 15.8 Å². The van der Waals surface area contributed by atoms with E-state index in [1.54, 1.807) is 30.3 Å². The minimum atomic E-state index is -3.70. The molecule has 0 spiro atoms. The fourth-order valence-electron chi connectivity index (χ4n) is 3.51. The summed E-state index contributed by atoms with van der Waals surface area (Å²) >= 11 is 0. The van der Waals surface area contributed by atoms with Gasteiger partial charge in [-0.2, -0.15) is 0 Å². The maximum atomic E-state index is 13.8. The number of halogens is 1. The van der Waals surface area contributed by atoms with Gasteiger partial charge in [-0.1, -0.05) is 42.3 Å². The Labute approximate surface area is 162 Å². The lowest BCUT2D eigenvalue weighted by Gasteiger charge is -2.30. The van der Waals surface area contributed by atoms with E-state index < -0.39 is 16.1 Å². The number of fused-ring (bicyclic) bond motifs is 3. The smallest absolute Gasteiger partial charge is 0.213 e. The number of nitrogens with two attached hydrogens (primary N) is 1. The van der Waals surface area contributed by atoms with Gasteiger partial charge in [-0.25, -0.2) is 17.9 Å². The number of sulfonamides is 1. The summed E-state index contributed by atoms with van der Waals surface area (Å²) in [7, 11) is -3.70. The van der Waals surface area contributed by atoms with Gasteiger partial charge in [0, 0.05) is 16.7 Å². The zero-order chi connectivity index (χ0) is 19.9. The second kappa shape index (κ2) is 6.79. The molecule has 4 nitrogen and oxygen atoms in total. The third-order valence-corrected chi connectivity index (χ3v) is 5.35. The number of benzene rings is 3. The van der Waals surface area contributed by atoms with Gasteiger partial charge in [0.25, 0.3) is 0 Å². The first-order valence-electron chi connectivity index (χ1n) is 8.51. The highest BCUT2D eigenvalue weighted by Crippen LogP contribution is 2.46. The van der Waals surface area contributed by atoms with Crippen LogP contribution in [-0.4, -0.2) is 8.42 Å². The molecule has 1 aliphatic rings. The van der Waals surface area contributed by atoms with Gasteiger partial charge in [-0.3, -0.25) is 0 Å². The van der Waals surface area contributed by atoms with Crippen molar-refractivity contribution in [3.05, 3.63) is 88.7 Å². The largest absolute Gasteiger partial charge is 0.480 e. The Morgan fingerprint density at radius 2 is 1.89 bits per heavy atom. The van der Waals surface area contributed by atoms with Gasteiger partial charge in [0.1, 0.15) is 17.7 Å². The molecule has 3 aromatic carbocycles. The van der Waals surface area contributed by atoms with Crippen LogP contribution in [0.3, 0.4) is 0 Å². The molecule has 140 valence electrons. The van der Waals surface area contributed by atoms with E-state index in [4.69, 9.17) is 16.3 Å². The number of primary sulfonamides is 1. The van der Waals surface area contributed by atoms with E-state index in [2.05, 4.69) is 5.92 Å². The third-order valence-electron chi connectivity index (χ3n) is 4.61. The SMILES string of the molecule is C#Cc1cccc2c1-c1ccc(CS(N)(=O)=O)cc1C(c1cccc(F)c1)O2. The minimum absolute atomic E-state index is 0.306. The summed E-state index contributed by atoms with van der Waals surface area (Å²) in [5, 5.41) is 5.20. The Morgan fingerprint density at radius 3 is 2.61 bits per heavy atom. The molecule has 1 heterocycles. The summed E-state index contributed by atoms with van der Waals surface area (Å²) in [6.45, 7) is 0. The third kappa shape index (κ3) is 3.38. The van der Waals surface area contributed by atoms with Gasteiger partial charge in [0.2, 0.25) is 10.0 Å². The monoisotopic (exact) mass is 393 g/mol. The lowest BCUT2D eigenvalue weighted by molar-refractivity contribution is 0.243. The molecular formula is C22H16FNO3S. The van der Waals surface area contributed by atoms with Crippen molar-refractivity contribution in [3.63, 3.8) is 0 Å². The molecule has 4 rings (SSSR count). The van der Waals surface area contributed by atoms with E-state index in [0.29, 0.717) is 28.0 Å². The Kier molecular flexibility index (Phi) is 4.42. The normalized spacial score (nSPS) is 15.1. The van der Waals surface area contributed by atoms with Crippen LogP contribution in [0.25, 0.3) is 11.1 Å². The number of hydrogen-bond acceptors (Lipinski definition) is 3. The van der Waals surface area contributed by atoms with Gasteiger partial charge >= 0.3 is 0 Å². The van der Waals surface area contributed by atoms with Crippen LogP contribution in [0.15, 0.2) is 60.7 Å². The first kappa shape index (κ1) is 18.2. The Balaban J connectivity index is 1.95. The second-order valence-corrected chi connectivity index (χ2v) is 8.22. The Bertz CT molecular complexity index is 1230. The average molecular weight is 393 g/mol. The molecule has 1 unspecified atom stereocenters. The second-order valence-electron chi connectivity index (χ2n) is 6.60. The van der Waals surface area contributed by atoms with E-state index >= 15 is 0 Å². The van der Waals surface area contributed by atoms with Gasteiger partial charge in [-0.15, -0.1) is 6.42 Å². The molecule has 0 saturated carbocycles. The molecule has 28 heavy (non-hydrogen) atoms. The molecule has 1 atom stereocenters. The first-order chi connectivity index (χ1) is 13.4. The number of ether oxygens (including phenoxy) is 1. The molecule has 0 bridgehead atoms. The van der Waals surface area contributed by atoms with Gasteiger partial charge < -0.3 is 4.74 Å². The zero-order valence-electron chi connectivity index (χ0n) is 14.7. The molecule has 0 aromatic heterocycles. The van der Waals surface area contributed by atoms with Gasteiger partial charge in [0.15, 0.2) is 0 Å². The molecule has 3 aromatic rings. The molecular weight excluding hydrogens is 377 g/mol. The van der Waals surface area contributed by atoms with Crippen molar-refractivity contribution in [2.45, 2.75) is 11.9 Å². The van der Waals surface area contributed by atoms with Crippen molar-refractivity contribution < 1.29 is 17.5 Å². The minimum Gasteiger partial charge on any atom is -0.480 e. The van der Waals surface area contributed by atoms with Crippen molar-refractivity contribution in [1.29, 1.82) is 0 Å². The lowest BCUT2D eigenvalue weighted by atomic mass is 9.86. The van der Waals surface area contributed by atoms with Gasteiger partial charge in [0.05, 0.1) is 5.75 Å². The maximum Gasteiger partial charge on any atom is 0.213 e. The number of rotatable bonds is 3. The quantitative estimate of drug-likeness (QED) is 0.689. The topological polar surface area (TPSA) is 69.4 Å². The molecule has 0 fully saturated rings. The summed E-state index contributed by atoms with van der Waals surface area (Å²) in [5.74, 6) is 2.56. The lowest BCUT2D eigenvalue weighted by Crippen LogP contribution is -2.18. The van der Waals surface area contributed by atoms with Gasteiger partial charge in [-0.05, 0) is 41.0 Å². The zero-order valence-corrected chi connectivity index (χ0v) is 15.5. The molecule has 0 saturated heterocycles. The highest BCUT2D eigenvalue weighted by atomic mass is 32.2. The standard InChI is InChI=1S/C22H16FNO3S/c1-2-15-5-4-8-20-21(15)18-10-9-14(13-28(24,25)26)11-19(18)22(27-20)16-6-3-7-17(23)12-16/h1,3-12,22H,13H2,(H2,24,25,26). The summed E-state index contributed by atoms with van der Waals surface area (Å²) in [5.41, 5.74) is 4.09. The summed E-state index contributed by atoms with van der Waals surface area (Å²) in [6.07, 6.45) is 5.05. The van der Waals surface area contributed by atoms with E-state index in [1.165, 1.54) is 12.1 Å². The van der Waals surface area contributed by atoms with Crippen molar-refractivity contribution in [2.75, 3.05) is 0 Å². The van der Waals surface area contributed by atoms with Crippen molar-refractivity contribution in [1.82, 2.24) is 0 Å². The molecule has 0 amide bonds. The fraction of sp³-hybridized carbons (Fsp3) is 0.0909. The van der Waals surface area contributed by atoms with Crippen LogP contribution in [0.4, 0.5) is 4.39 Å².